The van der Waals surface area contributed by atoms with Gasteiger partial charge in [-0.15, -0.1) is 0 Å². The van der Waals surface area contributed by atoms with Crippen LogP contribution in [0.4, 0.5) is 5.69 Å². The highest BCUT2D eigenvalue weighted by molar-refractivity contribution is 5.92. The Labute approximate surface area is 167 Å². The molecule has 0 unspecified atom stereocenters. The molecule has 3 N–H and O–H groups in total. The molecule has 0 saturated heterocycles. The lowest BCUT2D eigenvalue weighted by Gasteiger charge is -2.11. The number of hydrazone groups is 1. The normalized spacial score (nSPS) is 14.6. The molecular weight excluding hydrogens is 354 g/mol. The van der Waals surface area contributed by atoms with E-state index in [-0.39, 0.29) is 17.6 Å². The summed E-state index contributed by atoms with van der Waals surface area (Å²) >= 11 is 0. The highest BCUT2D eigenvalue weighted by atomic mass is 16.3. The van der Waals surface area contributed by atoms with Crippen LogP contribution in [0, 0.1) is 0 Å². The van der Waals surface area contributed by atoms with Gasteiger partial charge < -0.3 is 10.4 Å². The summed E-state index contributed by atoms with van der Waals surface area (Å²) < 4.78 is 0. The van der Waals surface area contributed by atoms with Gasteiger partial charge in [0.2, 0.25) is 11.8 Å². The Morgan fingerprint density at radius 2 is 1.46 bits per heavy atom. The van der Waals surface area contributed by atoms with Crippen molar-refractivity contribution in [3.63, 3.8) is 0 Å². The molecule has 6 heteroatoms. The average Bonchev–Trinajstić information content (AvgIpc) is 2.65. The van der Waals surface area contributed by atoms with Crippen molar-refractivity contribution in [1.29, 1.82) is 0 Å². The number of hydrogen-bond donors (Lipinski definition) is 3. The van der Waals surface area contributed by atoms with E-state index in [0.717, 1.165) is 44.2 Å². The first-order chi connectivity index (χ1) is 13.6. The highest BCUT2D eigenvalue weighted by Crippen LogP contribution is 2.21. The van der Waals surface area contributed by atoms with Gasteiger partial charge in [0.1, 0.15) is 5.75 Å². The quantitative estimate of drug-likeness (QED) is 0.320. The summed E-state index contributed by atoms with van der Waals surface area (Å²) in [7, 11) is 0. The fourth-order valence-corrected chi connectivity index (χ4v) is 3.34. The van der Waals surface area contributed by atoms with Crippen LogP contribution in [0.25, 0.3) is 0 Å². The lowest BCUT2D eigenvalue weighted by Crippen LogP contribution is -2.19. The van der Waals surface area contributed by atoms with Crippen LogP contribution in [0.15, 0.2) is 29.4 Å². The number of carbonyl (C=O) groups is 2. The lowest BCUT2D eigenvalue weighted by atomic mass is 9.99. The summed E-state index contributed by atoms with van der Waals surface area (Å²) in [4.78, 5) is 23.8. The van der Waals surface area contributed by atoms with Crippen LogP contribution in [0.5, 0.6) is 5.75 Å². The van der Waals surface area contributed by atoms with Crippen LogP contribution >= 0.6 is 0 Å². The molecule has 6 nitrogen and oxygen atoms in total. The van der Waals surface area contributed by atoms with E-state index in [2.05, 4.69) is 15.8 Å². The molecule has 1 saturated carbocycles. The third-order valence-electron chi connectivity index (χ3n) is 5.01. The number of hydrogen-bond acceptors (Lipinski definition) is 4. The standard InChI is InChI=1S/C22H33N3O3/c26-20-15-11-10-14-19(20)23-21(27)16-8-4-5-9-17-22(28)25-24-18-12-6-2-1-3-7-13-18/h10-11,14-15,26H,1-9,12-13,16-17H2,(H,23,27)(H,25,28). The molecule has 1 aliphatic rings. The Balaban J connectivity index is 1.52. The number of amides is 2. The SMILES string of the molecule is O=C(CCCCCCC(=O)Nc1ccccc1O)NN=C1CCCCCCC1. The second-order valence-corrected chi connectivity index (χ2v) is 7.46. The zero-order valence-corrected chi connectivity index (χ0v) is 16.7. The van der Waals surface area contributed by atoms with Gasteiger partial charge in [-0.05, 0) is 50.7 Å². The van der Waals surface area contributed by atoms with Crippen LogP contribution in [0.2, 0.25) is 0 Å². The van der Waals surface area contributed by atoms with Crippen molar-refractivity contribution in [3.05, 3.63) is 24.3 Å². The Bertz CT molecular complexity index is 648. The fraction of sp³-hybridized carbons (Fsp3) is 0.591. The maximum absolute atomic E-state index is 11.9. The Morgan fingerprint density at radius 3 is 2.14 bits per heavy atom. The minimum absolute atomic E-state index is 0.0214. The summed E-state index contributed by atoms with van der Waals surface area (Å²) in [6.45, 7) is 0. The van der Waals surface area contributed by atoms with Gasteiger partial charge in [0.05, 0.1) is 5.69 Å². The van der Waals surface area contributed by atoms with E-state index in [9.17, 15) is 14.7 Å². The van der Waals surface area contributed by atoms with Gasteiger partial charge in [-0.2, -0.15) is 5.10 Å². The summed E-state index contributed by atoms with van der Waals surface area (Å²) in [6.07, 6.45) is 12.5. The predicted molar refractivity (Wildman–Crippen MR) is 112 cm³/mol. The van der Waals surface area contributed by atoms with Crippen LogP contribution in [-0.4, -0.2) is 22.6 Å². The monoisotopic (exact) mass is 387 g/mol. The number of rotatable bonds is 9. The number of nitrogens with zero attached hydrogens (tertiary/aromatic N) is 1. The molecule has 1 fully saturated rings. The van der Waals surface area contributed by atoms with E-state index in [1.54, 1.807) is 24.3 Å². The number of unbranched alkanes of at least 4 members (excludes halogenated alkanes) is 3. The van der Waals surface area contributed by atoms with Gasteiger partial charge in [-0.3, -0.25) is 9.59 Å². The number of aromatic hydroxyl groups is 1. The van der Waals surface area contributed by atoms with Crippen molar-refractivity contribution in [3.8, 4) is 5.75 Å². The molecular formula is C22H33N3O3. The number of phenols is 1. The van der Waals surface area contributed by atoms with E-state index in [1.807, 2.05) is 0 Å². The maximum atomic E-state index is 11.9. The minimum Gasteiger partial charge on any atom is -0.506 e. The second kappa shape index (κ2) is 12.9. The molecule has 0 heterocycles. The van der Waals surface area contributed by atoms with Crippen molar-refractivity contribution in [2.45, 2.75) is 83.5 Å². The van der Waals surface area contributed by atoms with E-state index in [1.165, 1.54) is 32.1 Å². The van der Waals surface area contributed by atoms with E-state index >= 15 is 0 Å². The van der Waals surface area contributed by atoms with Crippen LogP contribution in [0.1, 0.15) is 83.5 Å². The molecule has 2 amide bonds. The molecule has 2 rings (SSSR count). The number of nitrogens with one attached hydrogen (secondary N) is 2. The summed E-state index contributed by atoms with van der Waals surface area (Å²) in [5.41, 5.74) is 4.27. The molecule has 0 atom stereocenters. The van der Waals surface area contributed by atoms with Gasteiger partial charge in [0.15, 0.2) is 0 Å². The minimum atomic E-state index is -0.103. The van der Waals surface area contributed by atoms with E-state index in [4.69, 9.17) is 0 Å². The van der Waals surface area contributed by atoms with Gasteiger partial charge in [0, 0.05) is 18.6 Å². The predicted octanol–water partition coefficient (Wildman–Crippen LogP) is 4.89. The van der Waals surface area contributed by atoms with Crippen molar-refractivity contribution in [1.82, 2.24) is 5.43 Å². The smallest absolute Gasteiger partial charge is 0.240 e. The summed E-state index contributed by atoms with van der Waals surface area (Å²) in [5, 5.41) is 16.7. The summed E-state index contributed by atoms with van der Waals surface area (Å²) in [5.74, 6) is -0.0500. The third-order valence-corrected chi connectivity index (χ3v) is 5.01. The Hall–Kier alpha value is -2.37. The van der Waals surface area contributed by atoms with Gasteiger partial charge >= 0.3 is 0 Å². The zero-order valence-electron chi connectivity index (χ0n) is 16.7. The topological polar surface area (TPSA) is 90.8 Å². The first-order valence-electron chi connectivity index (χ1n) is 10.6. The van der Waals surface area contributed by atoms with Crippen molar-refractivity contribution < 1.29 is 14.7 Å². The van der Waals surface area contributed by atoms with Gasteiger partial charge in [0.25, 0.3) is 0 Å². The van der Waals surface area contributed by atoms with Gasteiger partial charge in [-0.25, -0.2) is 5.43 Å². The van der Waals surface area contributed by atoms with Gasteiger partial charge in [-0.1, -0.05) is 44.2 Å². The zero-order chi connectivity index (χ0) is 20.0. The number of phenolic OH excluding ortho intramolecular Hbond substituents is 1. The van der Waals surface area contributed by atoms with E-state index in [0.29, 0.717) is 18.5 Å². The summed E-state index contributed by atoms with van der Waals surface area (Å²) in [6, 6.07) is 6.70. The number of carbonyl (C=O) groups excluding carboxylic acids is 2. The molecule has 0 spiro atoms. The van der Waals surface area contributed by atoms with E-state index < -0.39 is 0 Å². The fourth-order valence-electron chi connectivity index (χ4n) is 3.34. The molecule has 154 valence electrons. The molecule has 1 aliphatic carbocycles. The number of para-hydroxylation sites is 2. The van der Waals surface area contributed by atoms with Crippen molar-refractivity contribution in [2.24, 2.45) is 5.10 Å². The second-order valence-electron chi connectivity index (χ2n) is 7.46. The van der Waals surface area contributed by atoms with Crippen LogP contribution < -0.4 is 10.7 Å². The average molecular weight is 388 g/mol. The van der Waals surface area contributed by atoms with Crippen LogP contribution in [0.3, 0.4) is 0 Å². The van der Waals surface area contributed by atoms with Crippen LogP contribution in [-0.2, 0) is 9.59 Å². The first-order valence-corrected chi connectivity index (χ1v) is 10.6. The number of anilines is 1. The third kappa shape index (κ3) is 9.02. The number of benzene rings is 1. The van der Waals surface area contributed by atoms with Crippen molar-refractivity contribution in [2.75, 3.05) is 5.32 Å². The molecule has 1 aromatic carbocycles. The Morgan fingerprint density at radius 1 is 0.857 bits per heavy atom. The lowest BCUT2D eigenvalue weighted by molar-refractivity contribution is -0.121. The molecule has 0 radical (unpaired) electrons. The maximum Gasteiger partial charge on any atom is 0.240 e. The first kappa shape index (κ1) is 21.9. The molecule has 28 heavy (non-hydrogen) atoms. The highest BCUT2D eigenvalue weighted by Gasteiger charge is 2.07. The van der Waals surface area contributed by atoms with Crippen molar-refractivity contribution >= 4 is 23.2 Å². The Kier molecular flexibility index (Phi) is 10.1. The molecule has 0 aliphatic heterocycles. The molecule has 1 aromatic rings. The molecule has 0 bridgehead atoms. The molecule has 0 aromatic heterocycles. The largest absolute Gasteiger partial charge is 0.506 e.